The molecule has 0 aliphatic rings. The monoisotopic (exact) mass is 298 g/mol. The Morgan fingerprint density at radius 1 is 1.05 bits per heavy atom. The third-order valence-electron chi connectivity index (χ3n) is 4.20. The Balaban J connectivity index is 2.14. The van der Waals surface area contributed by atoms with Crippen molar-refractivity contribution in [2.75, 3.05) is 0 Å². The molecular formula is C19H26N2O. The summed E-state index contributed by atoms with van der Waals surface area (Å²) in [6.45, 7) is 6.69. The van der Waals surface area contributed by atoms with Gasteiger partial charge in [-0.3, -0.25) is 0 Å². The van der Waals surface area contributed by atoms with Gasteiger partial charge in [-0.05, 0) is 43.0 Å². The van der Waals surface area contributed by atoms with Crippen molar-refractivity contribution in [3.63, 3.8) is 0 Å². The van der Waals surface area contributed by atoms with E-state index in [9.17, 15) is 5.11 Å². The number of hydrogen-bond acceptors (Lipinski definition) is 3. The lowest BCUT2D eigenvalue weighted by Crippen LogP contribution is -2.44. The summed E-state index contributed by atoms with van der Waals surface area (Å²) in [7, 11) is 0. The van der Waals surface area contributed by atoms with E-state index in [1.807, 2.05) is 30.3 Å². The number of hydrogen-bond donors (Lipinski definition) is 3. The number of nitrogens with one attached hydrogen (secondary N) is 1. The molecule has 2 rings (SSSR count). The molecule has 0 fully saturated rings. The summed E-state index contributed by atoms with van der Waals surface area (Å²) in [5.74, 6) is 0. The molecule has 3 atom stereocenters. The summed E-state index contributed by atoms with van der Waals surface area (Å²) in [5.41, 5.74) is 11.1. The van der Waals surface area contributed by atoms with Gasteiger partial charge < -0.3 is 16.2 Å². The van der Waals surface area contributed by atoms with Crippen LogP contribution in [0.15, 0.2) is 48.5 Å². The van der Waals surface area contributed by atoms with E-state index in [4.69, 9.17) is 5.73 Å². The minimum atomic E-state index is -0.572. The van der Waals surface area contributed by atoms with Crippen molar-refractivity contribution < 1.29 is 5.11 Å². The molecule has 2 aromatic carbocycles. The molecule has 3 heteroatoms. The first-order valence-corrected chi connectivity index (χ1v) is 7.77. The fraction of sp³-hybridized carbons (Fsp3) is 0.368. The molecule has 0 aliphatic heterocycles. The first-order chi connectivity index (χ1) is 10.5. The van der Waals surface area contributed by atoms with Gasteiger partial charge in [-0.15, -0.1) is 0 Å². The minimum Gasteiger partial charge on any atom is -0.392 e. The van der Waals surface area contributed by atoms with Crippen LogP contribution < -0.4 is 11.1 Å². The molecule has 0 saturated carbocycles. The number of nitrogens with two attached hydrogens (primary N) is 1. The molecule has 0 heterocycles. The summed E-state index contributed by atoms with van der Waals surface area (Å²) in [4.78, 5) is 0. The molecule has 2 aromatic rings. The van der Waals surface area contributed by atoms with Gasteiger partial charge in [0.1, 0.15) is 0 Å². The van der Waals surface area contributed by atoms with Crippen molar-refractivity contribution in [2.24, 2.45) is 5.73 Å². The molecule has 0 spiro atoms. The van der Waals surface area contributed by atoms with Gasteiger partial charge in [0.25, 0.3) is 0 Å². The molecule has 22 heavy (non-hydrogen) atoms. The van der Waals surface area contributed by atoms with Crippen LogP contribution in [0.1, 0.15) is 35.2 Å². The molecule has 4 N–H and O–H groups in total. The fourth-order valence-corrected chi connectivity index (χ4v) is 2.56. The van der Waals surface area contributed by atoms with Gasteiger partial charge in [0, 0.05) is 12.6 Å². The van der Waals surface area contributed by atoms with Crippen molar-refractivity contribution in [2.45, 2.75) is 45.5 Å². The second-order valence-corrected chi connectivity index (χ2v) is 6.01. The Hall–Kier alpha value is -1.68. The van der Waals surface area contributed by atoms with Gasteiger partial charge in [-0.2, -0.15) is 0 Å². The van der Waals surface area contributed by atoms with Gasteiger partial charge in [0.15, 0.2) is 0 Å². The van der Waals surface area contributed by atoms with E-state index in [1.54, 1.807) is 6.92 Å². The average Bonchev–Trinajstić information content (AvgIpc) is 2.51. The normalized spacial score (nSPS) is 15.3. The number of aryl methyl sites for hydroxylation is 2. The molecule has 0 aromatic heterocycles. The van der Waals surface area contributed by atoms with E-state index in [1.165, 1.54) is 16.7 Å². The first kappa shape index (κ1) is 16.7. The van der Waals surface area contributed by atoms with Crippen molar-refractivity contribution in [3.05, 3.63) is 70.8 Å². The SMILES string of the molecule is Cc1ccc(CNC(c2ccccc2)[C@H](N)[C@@H](C)O)cc1C. The molecule has 3 nitrogen and oxygen atoms in total. The highest BCUT2D eigenvalue weighted by Crippen LogP contribution is 2.19. The maximum Gasteiger partial charge on any atom is 0.0681 e. The van der Waals surface area contributed by atoms with Crippen LogP contribution in [-0.2, 0) is 6.54 Å². The second-order valence-electron chi connectivity index (χ2n) is 6.01. The topological polar surface area (TPSA) is 58.3 Å². The first-order valence-electron chi connectivity index (χ1n) is 7.77. The Morgan fingerprint density at radius 2 is 1.73 bits per heavy atom. The lowest BCUT2D eigenvalue weighted by atomic mass is 9.96. The van der Waals surface area contributed by atoms with Crippen LogP contribution in [0.25, 0.3) is 0 Å². The van der Waals surface area contributed by atoms with Gasteiger partial charge in [-0.25, -0.2) is 0 Å². The van der Waals surface area contributed by atoms with E-state index in [0.717, 1.165) is 12.1 Å². The van der Waals surface area contributed by atoms with Crippen molar-refractivity contribution >= 4 is 0 Å². The minimum absolute atomic E-state index is 0.0807. The molecule has 118 valence electrons. The Kier molecular flexibility index (Phi) is 5.72. The van der Waals surface area contributed by atoms with Crippen molar-refractivity contribution in [1.82, 2.24) is 5.32 Å². The number of benzene rings is 2. The third-order valence-corrected chi connectivity index (χ3v) is 4.20. The highest BCUT2D eigenvalue weighted by molar-refractivity contribution is 5.30. The highest BCUT2D eigenvalue weighted by Gasteiger charge is 2.23. The third kappa shape index (κ3) is 4.17. The summed E-state index contributed by atoms with van der Waals surface area (Å²) < 4.78 is 0. The Bertz CT molecular complexity index is 596. The molecule has 0 saturated heterocycles. The van der Waals surface area contributed by atoms with Crippen LogP contribution >= 0.6 is 0 Å². The van der Waals surface area contributed by atoms with Crippen LogP contribution in [-0.4, -0.2) is 17.3 Å². The zero-order chi connectivity index (χ0) is 16.1. The number of aliphatic hydroxyl groups excluding tert-OH is 1. The molecular weight excluding hydrogens is 272 g/mol. The zero-order valence-corrected chi connectivity index (χ0v) is 13.6. The molecule has 1 unspecified atom stereocenters. The van der Waals surface area contributed by atoms with E-state index < -0.39 is 6.10 Å². The Labute approximate surface area is 133 Å². The van der Waals surface area contributed by atoms with Gasteiger partial charge in [0.05, 0.1) is 12.1 Å². The van der Waals surface area contributed by atoms with Gasteiger partial charge in [-0.1, -0.05) is 48.5 Å². The summed E-state index contributed by atoms with van der Waals surface area (Å²) in [6.07, 6.45) is -0.572. The predicted molar refractivity (Wildman–Crippen MR) is 91.6 cm³/mol. The van der Waals surface area contributed by atoms with Gasteiger partial charge >= 0.3 is 0 Å². The maximum absolute atomic E-state index is 9.87. The van der Waals surface area contributed by atoms with Crippen molar-refractivity contribution in [1.29, 1.82) is 0 Å². The van der Waals surface area contributed by atoms with Crippen LogP contribution in [0.4, 0.5) is 0 Å². The lowest BCUT2D eigenvalue weighted by molar-refractivity contribution is 0.142. The summed E-state index contributed by atoms with van der Waals surface area (Å²) >= 11 is 0. The van der Waals surface area contributed by atoms with Crippen LogP contribution in [0.5, 0.6) is 0 Å². The molecule has 0 aliphatic carbocycles. The van der Waals surface area contributed by atoms with E-state index >= 15 is 0 Å². The number of rotatable bonds is 6. The highest BCUT2D eigenvalue weighted by atomic mass is 16.3. The zero-order valence-electron chi connectivity index (χ0n) is 13.6. The maximum atomic E-state index is 9.87. The average molecular weight is 298 g/mol. The Morgan fingerprint density at radius 3 is 2.32 bits per heavy atom. The quantitative estimate of drug-likeness (QED) is 0.768. The van der Waals surface area contributed by atoms with E-state index in [2.05, 4.69) is 37.4 Å². The summed E-state index contributed by atoms with van der Waals surface area (Å²) in [6, 6.07) is 16.1. The van der Waals surface area contributed by atoms with Crippen LogP contribution in [0.2, 0.25) is 0 Å². The van der Waals surface area contributed by atoms with Gasteiger partial charge in [0.2, 0.25) is 0 Å². The molecule has 0 bridgehead atoms. The molecule has 0 radical (unpaired) electrons. The number of aliphatic hydroxyl groups is 1. The lowest BCUT2D eigenvalue weighted by Gasteiger charge is -2.28. The van der Waals surface area contributed by atoms with Crippen molar-refractivity contribution in [3.8, 4) is 0 Å². The smallest absolute Gasteiger partial charge is 0.0681 e. The van der Waals surface area contributed by atoms with Crippen LogP contribution in [0.3, 0.4) is 0 Å². The standard InChI is InChI=1S/C19H26N2O/c1-13-9-10-16(11-14(13)2)12-21-19(18(20)15(3)22)17-7-5-4-6-8-17/h4-11,15,18-19,21-22H,12,20H2,1-3H3/t15-,18-,19?/m1/s1. The largest absolute Gasteiger partial charge is 0.392 e. The molecule has 0 amide bonds. The second kappa shape index (κ2) is 7.54. The summed E-state index contributed by atoms with van der Waals surface area (Å²) in [5, 5.41) is 13.4. The van der Waals surface area contributed by atoms with E-state index in [0.29, 0.717) is 0 Å². The predicted octanol–water partition coefficient (Wildman–Crippen LogP) is 2.84. The van der Waals surface area contributed by atoms with E-state index in [-0.39, 0.29) is 12.1 Å². The van der Waals surface area contributed by atoms with Crippen LogP contribution in [0, 0.1) is 13.8 Å². The fourth-order valence-electron chi connectivity index (χ4n) is 2.56.